The molecule has 2 aromatic heterocycles. The number of amides is 1. The van der Waals surface area contributed by atoms with Crippen LogP contribution in [0.1, 0.15) is 39.9 Å². The van der Waals surface area contributed by atoms with E-state index in [1.807, 2.05) is 36.4 Å². The lowest BCUT2D eigenvalue weighted by Crippen LogP contribution is -2.22. The maximum Gasteiger partial charge on any atom is 0.251 e. The predicted molar refractivity (Wildman–Crippen MR) is 128 cm³/mol. The van der Waals surface area contributed by atoms with E-state index in [1.165, 1.54) is 5.56 Å². The minimum atomic E-state index is -0.0778. The number of carbonyl (C=O) groups excluding carboxylic acids is 1. The quantitative estimate of drug-likeness (QED) is 0.368. The zero-order valence-corrected chi connectivity index (χ0v) is 19.2. The average Bonchev–Trinajstić information content (AvgIpc) is 3.51. The molecule has 32 heavy (non-hydrogen) atoms. The van der Waals surface area contributed by atoms with Crippen molar-refractivity contribution in [3.63, 3.8) is 0 Å². The Bertz CT molecular complexity index is 1130. The van der Waals surface area contributed by atoms with Gasteiger partial charge >= 0.3 is 0 Å². The van der Waals surface area contributed by atoms with Gasteiger partial charge in [0.1, 0.15) is 10.8 Å². The van der Waals surface area contributed by atoms with Crippen molar-refractivity contribution in [3.05, 3.63) is 100 Å². The van der Waals surface area contributed by atoms with E-state index in [0.29, 0.717) is 18.7 Å². The number of hydrogen-bond donors (Lipinski definition) is 1. The third-order valence-electron chi connectivity index (χ3n) is 5.36. The van der Waals surface area contributed by atoms with Crippen LogP contribution in [0.4, 0.5) is 0 Å². The van der Waals surface area contributed by atoms with Crippen molar-refractivity contribution < 1.29 is 9.21 Å². The van der Waals surface area contributed by atoms with Crippen molar-refractivity contribution in [2.24, 2.45) is 0 Å². The second-order valence-corrected chi connectivity index (χ2v) is 8.55. The van der Waals surface area contributed by atoms with Crippen LogP contribution in [0, 0.1) is 0 Å². The van der Waals surface area contributed by atoms with E-state index in [9.17, 15) is 4.79 Å². The molecule has 0 radical (unpaired) electrons. The summed E-state index contributed by atoms with van der Waals surface area (Å²) in [4.78, 5) is 19.0. The maximum absolute atomic E-state index is 11.8. The van der Waals surface area contributed by atoms with Crippen LogP contribution >= 0.6 is 11.3 Å². The number of nitrogens with zero attached hydrogens (tertiary/aromatic N) is 2. The van der Waals surface area contributed by atoms with Crippen LogP contribution in [-0.4, -0.2) is 22.8 Å². The summed E-state index contributed by atoms with van der Waals surface area (Å²) >= 11 is 1.67. The smallest absolute Gasteiger partial charge is 0.251 e. The van der Waals surface area contributed by atoms with Gasteiger partial charge in [0, 0.05) is 36.6 Å². The normalized spacial score (nSPS) is 11.1. The number of carbonyl (C=O) groups is 1. The molecule has 0 unspecified atom stereocenters. The summed E-state index contributed by atoms with van der Waals surface area (Å²) in [6.45, 7) is 4.28. The number of aromatic nitrogens is 1. The van der Waals surface area contributed by atoms with Gasteiger partial charge < -0.3 is 9.73 Å². The Morgan fingerprint density at radius 1 is 1.00 bits per heavy atom. The maximum atomic E-state index is 11.8. The number of hydrogen-bond acceptors (Lipinski definition) is 5. The van der Waals surface area contributed by atoms with Crippen LogP contribution in [0.25, 0.3) is 10.6 Å². The molecule has 2 aromatic carbocycles. The lowest BCUT2D eigenvalue weighted by atomic mass is 10.1. The van der Waals surface area contributed by atoms with Crippen molar-refractivity contribution in [2.45, 2.75) is 33.0 Å². The first-order valence-electron chi connectivity index (χ1n) is 10.7. The second-order valence-electron chi connectivity index (χ2n) is 7.70. The summed E-state index contributed by atoms with van der Waals surface area (Å²) in [6, 6.07) is 20.3. The summed E-state index contributed by atoms with van der Waals surface area (Å²) in [5, 5.41) is 5.83. The zero-order chi connectivity index (χ0) is 22.3. The van der Waals surface area contributed by atoms with E-state index >= 15 is 0 Å². The van der Waals surface area contributed by atoms with Crippen LogP contribution in [0.2, 0.25) is 0 Å². The van der Waals surface area contributed by atoms with E-state index in [2.05, 4.69) is 46.8 Å². The molecule has 5 nitrogen and oxygen atoms in total. The molecular weight excluding hydrogens is 418 g/mol. The minimum Gasteiger partial charge on any atom is -0.468 e. The monoisotopic (exact) mass is 445 g/mol. The molecule has 0 bridgehead atoms. The molecular formula is C26H27N3O2S. The van der Waals surface area contributed by atoms with Gasteiger partial charge in [0.05, 0.1) is 18.5 Å². The topological polar surface area (TPSA) is 58.4 Å². The Kier molecular flexibility index (Phi) is 7.14. The van der Waals surface area contributed by atoms with Crippen molar-refractivity contribution in [1.82, 2.24) is 15.2 Å². The summed E-state index contributed by atoms with van der Waals surface area (Å²) in [5.41, 5.74) is 5.32. The van der Waals surface area contributed by atoms with Crippen LogP contribution in [0.5, 0.6) is 0 Å². The lowest BCUT2D eigenvalue weighted by molar-refractivity contribution is 0.0963. The molecule has 0 saturated carbocycles. The molecule has 1 N–H and O–H groups in total. The van der Waals surface area contributed by atoms with Gasteiger partial charge in [-0.2, -0.15) is 0 Å². The molecule has 0 saturated heterocycles. The molecule has 0 spiro atoms. The van der Waals surface area contributed by atoms with Gasteiger partial charge in [0.15, 0.2) is 0 Å². The molecule has 0 aliphatic carbocycles. The molecule has 1 amide bonds. The average molecular weight is 446 g/mol. The van der Waals surface area contributed by atoms with E-state index in [-0.39, 0.29) is 5.91 Å². The molecule has 0 atom stereocenters. The van der Waals surface area contributed by atoms with Gasteiger partial charge in [0.25, 0.3) is 5.91 Å². The Labute approximate surface area is 192 Å². The number of thiazole rings is 1. The highest BCUT2D eigenvalue weighted by Crippen LogP contribution is 2.25. The van der Waals surface area contributed by atoms with Crippen molar-refractivity contribution in [1.29, 1.82) is 0 Å². The highest BCUT2D eigenvalue weighted by molar-refractivity contribution is 7.13. The molecule has 0 aliphatic heterocycles. The molecule has 2 heterocycles. The first-order chi connectivity index (χ1) is 15.6. The predicted octanol–water partition coefficient (Wildman–Crippen LogP) is 5.53. The van der Waals surface area contributed by atoms with Gasteiger partial charge in [-0.1, -0.05) is 43.3 Å². The highest BCUT2D eigenvalue weighted by atomic mass is 32.1. The number of furan rings is 1. The zero-order valence-electron chi connectivity index (χ0n) is 18.4. The summed E-state index contributed by atoms with van der Waals surface area (Å²) in [7, 11) is 1.64. The number of aryl methyl sites for hydroxylation is 1. The van der Waals surface area contributed by atoms with E-state index in [1.54, 1.807) is 24.6 Å². The fraction of sp³-hybridized carbons (Fsp3) is 0.231. The van der Waals surface area contributed by atoms with E-state index in [4.69, 9.17) is 9.40 Å². The van der Waals surface area contributed by atoms with E-state index in [0.717, 1.165) is 40.6 Å². The first kappa shape index (κ1) is 22.0. The largest absolute Gasteiger partial charge is 0.468 e. The van der Waals surface area contributed by atoms with Crippen molar-refractivity contribution in [3.8, 4) is 10.6 Å². The van der Waals surface area contributed by atoms with Gasteiger partial charge in [-0.3, -0.25) is 9.69 Å². The number of rotatable bonds is 9. The molecule has 0 fully saturated rings. The molecule has 164 valence electrons. The Morgan fingerprint density at radius 2 is 1.75 bits per heavy atom. The van der Waals surface area contributed by atoms with Gasteiger partial charge in [-0.25, -0.2) is 4.98 Å². The lowest BCUT2D eigenvalue weighted by Gasteiger charge is -2.20. The van der Waals surface area contributed by atoms with Crippen molar-refractivity contribution >= 4 is 17.2 Å². The van der Waals surface area contributed by atoms with Crippen LogP contribution < -0.4 is 5.32 Å². The van der Waals surface area contributed by atoms with Crippen molar-refractivity contribution in [2.75, 3.05) is 7.05 Å². The highest BCUT2D eigenvalue weighted by Gasteiger charge is 2.14. The SMILES string of the molecule is CCc1ccc(-c2nc(CN(Cc3ccc(C(=O)NC)cc3)Cc3ccco3)cs2)cc1. The summed E-state index contributed by atoms with van der Waals surface area (Å²) in [5.74, 6) is 0.837. The van der Waals surface area contributed by atoms with Crippen LogP contribution in [0.15, 0.2) is 76.7 Å². The minimum absolute atomic E-state index is 0.0778. The Morgan fingerprint density at radius 3 is 2.41 bits per heavy atom. The molecule has 4 rings (SSSR count). The third kappa shape index (κ3) is 5.52. The summed E-state index contributed by atoms with van der Waals surface area (Å²) in [6.07, 6.45) is 2.74. The molecule has 4 aromatic rings. The fourth-order valence-corrected chi connectivity index (χ4v) is 4.40. The fourth-order valence-electron chi connectivity index (χ4n) is 3.58. The van der Waals surface area contributed by atoms with Crippen LogP contribution in [-0.2, 0) is 26.1 Å². The van der Waals surface area contributed by atoms with Crippen LogP contribution in [0.3, 0.4) is 0 Å². The first-order valence-corrected chi connectivity index (χ1v) is 11.6. The van der Waals surface area contributed by atoms with Gasteiger partial charge in [0.2, 0.25) is 0 Å². The van der Waals surface area contributed by atoms with Gasteiger partial charge in [-0.05, 0) is 41.8 Å². The van der Waals surface area contributed by atoms with Gasteiger partial charge in [-0.15, -0.1) is 11.3 Å². The molecule has 0 aliphatic rings. The Balaban J connectivity index is 1.49. The molecule has 6 heteroatoms. The number of benzene rings is 2. The third-order valence-corrected chi connectivity index (χ3v) is 6.30. The standard InChI is InChI=1S/C26H27N3O2S/c1-3-19-6-12-22(13-7-19)26-28-23(18-32-26)16-29(17-24-5-4-14-31-24)15-20-8-10-21(11-9-20)25(30)27-2/h4-14,18H,3,15-17H2,1-2H3,(H,27,30). The Hall–Kier alpha value is -3.22. The second kappa shape index (κ2) is 10.4. The summed E-state index contributed by atoms with van der Waals surface area (Å²) < 4.78 is 5.59. The number of nitrogens with one attached hydrogen (secondary N) is 1. The van der Waals surface area contributed by atoms with E-state index < -0.39 is 0 Å².